The Morgan fingerprint density at radius 1 is 0.944 bits per heavy atom. The normalized spacial score (nSPS) is 12.8. The van der Waals surface area contributed by atoms with Crippen molar-refractivity contribution in [2.24, 2.45) is 5.41 Å². The van der Waals surface area contributed by atoms with Crippen LogP contribution < -0.4 is 0 Å². The molecule has 1 aromatic carbocycles. The van der Waals surface area contributed by atoms with E-state index in [1.165, 1.54) is 11.1 Å². The fourth-order valence-corrected chi connectivity index (χ4v) is 2.07. The second-order valence-electron chi connectivity index (χ2n) is 6.29. The summed E-state index contributed by atoms with van der Waals surface area (Å²) in [6.45, 7) is 8.65. The third-order valence-corrected chi connectivity index (χ3v) is 3.82. The van der Waals surface area contributed by atoms with Crippen molar-refractivity contribution in [3.8, 4) is 0 Å². The average molecular weight is 250 g/mol. The first kappa shape index (κ1) is 15.2. The van der Waals surface area contributed by atoms with Crippen molar-refractivity contribution in [2.45, 2.75) is 46.0 Å². The molecule has 0 aromatic heterocycles. The monoisotopic (exact) mass is 250 g/mol. The van der Waals surface area contributed by atoms with Crippen LogP contribution in [0.4, 0.5) is 0 Å². The number of benzene rings is 1. The molecule has 0 aliphatic rings. The molecule has 0 atom stereocenters. The van der Waals surface area contributed by atoms with Gasteiger partial charge in [-0.2, -0.15) is 0 Å². The van der Waals surface area contributed by atoms with Gasteiger partial charge in [0.2, 0.25) is 0 Å². The predicted molar refractivity (Wildman–Crippen MR) is 75.7 cm³/mol. The highest BCUT2D eigenvalue weighted by molar-refractivity contribution is 5.28. The van der Waals surface area contributed by atoms with E-state index in [-0.39, 0.29) is 24.0 Å². The van der Waals surface area contributed by atoms with E-state index in [0.717, 1.165) is 12.8 Å². The minimum atomic E-state index is -0.386. The topological polar surface area (TPSA) is 40.5 Å². The first-order valence-electron chi connectivity index (χ1n) is 6.68. The summed E-state index contributed by atoms with van der Waals surface area (Å²) >= 11 is 0. The van der Waals surface area contributed by atoms with E-state index in [1.54, 1.807) is 0 Å². The van der Waals surface area contributed by atoms with Crippen molar-refractivity contribution in [3.05, 3.63) is 35.4 Å². The molecule has 0 fully saturated rings. The molecular weight excluding hydrogens is 224 g/mol. The molecule has 2 nitrogen and oxygen atoms in total. The molecule has 102 valence electrons. The number of hydrogen-bond donors (Lipinski definition) is 2. The Labute approximate surface area is 111 Å². The fraction of sp³-hybridized carbons (Fsp3) is 0.625. The Morgan fingerprint density at radius 2 is 1.44 bits per heavy atom. The lowest BCUT2D eigenvalue weighted by Gasteiger charge is -2.28. The maximum atomic E-state index is 9.46. The van der Waals surface area contributed by atoms with Gasteiger partial charge in [-0.05, 0) is 29.4 Å². The molecular formula is C16H26O2. The van der Waals surface area contributed by atoms with Gasteiger partial charge in [0, 0.05) is 5.41 Å². The van der Waals surface area contributed by atoms with Crippen molar-refractivity contribution in [1.82, 2.24) is 0 Å². The maximum absolute atomic E-state index is 9.46. The number of rotatable bonds is 5. The zero-order chi connectivity index (χ0) is 13.8. The first-order chi connectivity index (χ1) is 8.37. The molecule has 0 saturated heterocycles. The van der Waals surface area contributed by atoms with Crippen LogP contribution in [0.2, 0.25) is 0 Å². The van der Waals surface area contributed by atoms with Gasteiger partial charge in [-0.25, -0.2) is 0 Å². The molecule has 0 aliphatic heterocycles. The summed E-state index contributed by atoms with van der Waals surface area (Å²) in [6, 6.07) is 8.50. The molecule has 0 heterocycles. The Morgan fingerprint density at radius 3 is 1.78 bits per heavy atom. The highest BCUT2D eigenvalue weighted by Gasteiger charge is 2.27. The minimum Gasteiger partial charge on any atom is -0.396 e. The van der Waals surface area contributed by atoms with Crippen LogP contribution in [0.15, 0.2) is 24.3 Å². The summed E-state index contributed by atoms with van der Waals surface area (Å²) < 4.78 is 0. The van der Waals surface area contributed by atoms with Crippen LogP contribution in [0.5, 0.6) is 0 Å². The molecule has 1 aromatic rings. The number of aliphatic hydroxyl groups is 2. The second kappa shape index (κ2) is 5.85. The molecule has 2 heteroatoms. The molecule has 0 spiro atoms. The zero-order valence-electron chi connectivity index (χ0n) is 12.0. The van der Waals surface area contributed by atoms with Crippen LogP contribution in [-0.4, -0.2) is 23.4 Å². The van der Waals surface area contributed by atoms with Crippen molar-refractivity contribution in [1.29, 1.82) is 0 Å². The Kier molecular flexibility index (Phi) is 4.94. The van der Waals surface area contributed by atoms with Gasteiger partial charge in [-0.15, -0.1) is 0 Å². The number of hydrogen-bond acceptors (Lipinski definition) is 2. The summed E-state index contributed by atoms with van der Waals surface area (Å²) in [5, 5.41) is 18.9. The highest BCUT2D eigenvalue weighted by atomic mass is 16.3. The molecule has 0 unspecified atom stereocenters. The molecule has 0 saturated carbocycles. The van der Waals surface area contributed by atoms with Crippen molar-refractivity contribution < 1.29 is 10.2 Å². The summed E-state index contributed by atoms with van der Waals surface area (Å²) in [7, 11) is 0. The molecule has 0 amide bonds. The van der Waals surface area contributed by atoms with Gasteiger partial charge in [-0.1, -0.05) is 52.0 Å². The lowest BCUT2D eigenvalue weighted by atomic mass is 9.79. The lowest BCUT2D eigenvalue weighted by molar-refractivity contribution is 0.0514. The quantitative estimate of drug-likeness (QED) is 0.843. The van der Waals surface area contributed by atoms with Crippen LogP contribution in [0.25, 0.3) is 0 Å². The lowest BCUT2D eigenvalue weighted by Crippen LogP contribution is -2.31. The standard InChI is InChI=1S/C16H26O2/c1-5-16(11-17,12-18)10-13-6-8-14(9-7-13)15(2,3)4/h6-9,17-18H,5,10-12H2,1-4H3. The zero-order valence-corrected chi connectivity index (χ0v) is 12.0. The van der Waals surface area contributed by atoms with E-state index in [9.17, 15) is 10.2 Å². The molecule has 0 bridgehead atoms. The van der Waals surface area contributed by atoms with Gasteiger partial charge in [0.15, 0.2) is 0 Å². The minimum absolute atomic E-state index is 0.0288. The van der Waals surface area contributed by atoms with Gasteiger partial charge >= 0.3 is 0 Å². The largest absolute Gasteiger partial charge is 0.396 e. The van der Waals surface area contributed by atoms with Gasteiger partial charge in [0.25, 0.3) is 0 Å². The number of aliphatic hydroxyl groups excluding tert-OH is 2. The summed E-state index contributed by atoms with van der Waals surface area (Å²) in [5.41, 5.74) is 2.26. The van der Waals surface area contributed by atoms with Crippen LogP contribution >= 0.6 is 0 Å². The molecule has 18 heavy (non-hydrogen) atoms. The Balaban J connectivity index is 2.86. The smallest absolute Gasteiger partial charge is 0.0512 e. The van der Waals surface area contributed by atoms with E-state index in [2.05, 4.69) is 45.0 Å². The fourth-order valence-electron chi connectivity index (χ4n) is 2.07. The molecule has 1 rings (SSSR count). The molecule has 0 aliphatic carbocycles. The van der Waals surface area contributed by atoms with E-state index >= 15 is 0 Å². The average Bonchev–Trinajstić information content (AvgIpc) is 2.36. The van der Waals surface area contributed by atoms with Gasteiger partial charge in [0.1, 0.15) is 0 Å². The van der Waals surface area contributed by atoms with Crippen LogP contribution in [0.1, 0.15) is 45.2 Å². The van der Waals surface area contributed by atoms with Gasteiger partial charge in [0.05, 0.1) is 13.2 Å². The van der Waals surface area contributed by atoms with E-state index in [4.69, 9.17) is 0 Å². The van der Waals surface area contributed by atoms with Crippen molar-refractivity contribution >= 4 is 0 Å². The third kappa shape index (κ3) is 3.56. The molecule has 0 radical (unpaired) electrons. The van der Waals surface area contributed by atoms with Crippen molar-refractivity contribution in [2.75, 3.05) is 13.2 Å². The summed E-state index contributed by atoms with van der Waals surface area (Å²) in [4.78, 5) is 0. The Bertz CT molecular complexity index is 347. The van der Waals surface area contributed by atoms with E-state index in [1.807, 2.05) is 6.92 Å². The predicted octanol–water partition coefficient (Wildman–Crippen LogP) is 2.91. The highest BCUT2D eigenvalue weighted by Crippen LogP contribution is 2.28. The van der Waals surface area contributed by atoms with Crippen LogP contribution in [0, 0.1) is 5.41 Å². The summed E-state index contributed by atoms with van der Waals surface area (Å²) in [6.07, 6.45) is 1.50. The maximum Gasteiger partial charge on any atom is 0.0512 e. The van der Waals surface area contributed by atoms with Crippen molar-refractivity contribution in [3.63, 3.8) is 0 Å². The van der Waals surface area contributed by atoms with E-state index < -0.39 is 0 Å². The van der Waals surface area contributed by atoms with Gasteiger partial charge in [-0.3, -0.25) is 0 Å². The SMILES string of the molecule is CCC(CO)(CO)Cc1ccc(C(C)(C)C)cc1. The molecule has 2 N–H and O–H groups in total. The second-order valence-corrected chi connectivity index (χ2v) is 6.29. The van der Waals surface area contributed by atoms with E-state index in [0.29, 0.717) is 0 Å². The first-order valence-corrected chi connectivity index (χ1v) is 6.68. The van der Waals surface area contributed by atoms with Crippen LogP contribution in [-0.2, 0) is 11.8 Å². The Hall–Kier alpha value is -0.860. The van der Waals surface area contributed by atoms with Gasteiger partial charge < -0.3 is 10.2 Å². The third-order valence-electron chi connectivity index (χ3n) is 3.82. The van der Waals surface area contributed by atoms with Crippen LogP contribution in [0.3, 0.4) is 0 Å². The summed E-state index contributed by atoms with van der Waals surface area (Å²) in [5.74, 6) is 0.